The maximum Gasteiger partial charge on any atom is 0.102 e. The molecule has 2 rings (SSSR count). The molecule has 0 saturated heterocycles. The van der Waals surface area contributed by atoms with E-state index >= 15 is 0 Å². The highest BCUT2D eigenvalue weighted by molar-refractivity contribution is 9.10. The van der Waals surface area contributed by atoms with Crippen LogP contribution >= 0.6 is 39.1 Å². The van der Waals surface area contributed by atoms with Crippen LogP contribution in [0.5, 0.6) is 0 Å². The number of benzene rings is 1. The van der Waals surface area contributed by atoms with Crippen LogP contribution in [0, 0.1) is 0 Å². The lowest BCUT2D eigenvalue weighted by Gasteiger charge is -2.07. The van der Waals surface area contributed by atoms with Crippen LogP contribution in [0.4, 0.5) is 0 Å². The summed E-state index contributed by atoms with van der Waals surface area (Å²) in [6.45, 7) is 3.85. The van der Waals surface area contributed by atoms with Gasteiger partial charge in [0.2, 0.25) is 0 Å². The quantitative estimate of drug-likeness (QED) is 0.796. The molecule has 0 fully saturated rings. The Kier molecular flexibility index (Phi) is 5.28. The van der Waals surface area contributed by atoms with Crippen LogP contribution in [-0.2, 0) is 6.54 Å². The predicted octanol–water partition coefficient (Wildman–Crippen LogP) is 4.44. The molecule has 0 aliphatic rings. The number of rotatable bonds is 5. The Morgan fingerprint density at radius 2 is 2.00 bits per heavy atom. The molecule has 1 heterocycles. The van der Waals surface area contributed by atoms with Crippen molar-refractivity contribution in [3.05, 3.63) is 44.6 Å². The molecule has 102 valence electrons. The molecule has 2 aromatic rings. The Morgan fingerprint density at radius 3 is 2.63 bits per heavy atom. The van der Waals surface area contributed by atoms with E-state index in [9.17, 15) is 0 Å². The molecule has 0 spiro atoms. The number of aromatic nitrogens is 2. The summed E-state index contributed by atoms with van der Waals surface area (Å²) in [5, 5.41) is 8.91. The lowest BCUT2D eigenvalue weighted by Crippen LogP contribution is -2.14. The normalized spacial score (nSPS) is 10.9. The first-order valence-corrected chi connectivity index (χ1v) is 7.57. The molecular weight excluding hydrogens is 349 g/mol. The third kappa shape index (κ3) is 3.72. The van der Waals surface area contributed by atoms with Crippen molar-refractivity contribution in [2.45, 2.75) is 19.9 Å². The van der Waals surface area contributed by atoms with Gasteiger partial charge in [-0.2, -0.15) is 5.10 Å². The minimum absolute atomic E-state index is 0.565. The van der Waals surface area contributed by atoms with E-state index in [1.165, 1.54) is 0 Å². The maximum absolute atomic E-state index is 6.21. The molecule has 0 amide bonds. The van der Waals surface area contributed by atoms with Crippen LogP contribution in [0.25, 0.3) is 5.69 Å². The van der Waals surface area contributed by atoms with Gasteiger partial charge in [-0.1, -0.05) is 46.1 Å². The van der Waals surface area contributed by atoms with Crippen molar-refractivity contribution in [3.8, 4) is 5.69 Å². The van der Waals surface area contributed by atoms with Crippen LogP contribution < -0.4 is 5.32 Å². The van der Waals surface area contributed by atoms with Crippen molar-refractivity contribution in [1.29, 1.82) is 0 Å². The average Bonchev–Trinajstić information content (AvgIpc) is 2.76. The van der Waals surface area contributed by atoms with Gasteiger partial charge in [-0.05, 0) is 31.2 Å². The topological polar surface area (TPSA) is 29.9 Å². The van der Waals surface area contributed by atoms with Gasteiger partial charge in [-0.25, -0.2) is 4.68 Å². The van der Waals surface area contributed by atoms with Gasteiger partial charge in [0.25, 0.3) is 0 Å². The second-order valence-corrected chi connectivity index (χ2v) is 5.88. The van der Waals surface area contributed by atoms with Gasteiger partial charge in [-0.3, -0.25) is 0 Å². The van der Waals surface area contributed by atoms with Crippen LogP contribution in [0.1, 0.15) is 19.0 Å². The van der Waals surface area contributed by atoms with Crippen LogP contribution in [0.2, 0.25) is 10.0 Å². The van der Waals surface area contributed by atoms with E-state index in [1.807, 2.05) is 12.3 Å². The summed E-state index contributed by atoms with van der Waals surface area (Å²) in [7, 11) is 0. The Morgan fingerprint density at radius 1 is 1.32 bits per heavy atom. The number of hydrogen-bond donors (Lipinski definition) is 1. The van der Waals surface area contributed by atoms with E-state index in [-0.39, 0.29) is 0 Å². The summed E-state index contributed by atoms with van der Waals surface area (Å²) >= 11 is 15.8. The van der Waals surface area contributed by atoms with Gasteiger partial charge >= 0.3 is 0 Å². The molecule has 1 aromatic heterocycles. The van der Waals surface area contributed by atoms with Crippen LogP contribution in [-0.4, -0.2) is 16.3 Å². The minimum atomic E-state index is 0.565. The van der Waals surface area contributed by atoms with E-state index in [0.29, 0.717) is 15.7 Å². The SMILES string of the molecule is CCCNCc1ccn(-c2c(Cl)cc(Br)cc2Cl)n1. The van der Waals surface area contributed by atoms with Crippen molar-refractivity contribution in [3.63, 3.8) is 0 Å². The largest absolute Gasteiger partial charge is 0.311 e. The van der Waals surface area contributed by atoms with Crippen molar-refractivity contribution in [1.82, 2.24) is 15.1 Å². The molecule has 0 saturated carbocycles. The molecule has 1 N–H and O–H groups in total. The zero-order chi connectivity index (χ0) is 13.8. The zero-order valence-corrected chi connectivity index (χ0v) is 13.6. The van der Waals surface area contributed by atoms with E-state index in [2.05, 4.69) is 33.3 Å². The summed E-state index contributed by atoms with van der Waals surface area (Å²) in [6, 6.07) is 5.57. The van der Waals surface area contributed by atoms with Gasteiger partial charge in [-0.15, -0.1) is 0 Å². The summed E-state index contributed by atoms with van der Waals surface area (Å²) in [5.74, 6) is 0. The fourth-order valence-electron chi connectivity index (χ4n) is 1.73. The summed E-state index contributed by atoms with van der Waals surface area (Å²) < 4.78 is 2.56. The van der Waals surface area contributed by atoms with Gasteiger partial charge in [0.15, 0.2) is 0 Å². The van der Waals surface area contributed by atoms with E-state index in [0.717, 1.165) is 29.7 Å². The van der Waals surface area contributed by atoms with Gasteiger partial charge < -0.3 is 5.32 Å². The first-order chi connectivity index (χ1) is 9.11. The lowest BCUT2D eigenvalue weighted by atomic mass is 10.3. The van der Waals surface area contributed by atoms with Crippen LogP contribution in [0.15, 0.2) is 28.9 Å². The third-order valence-electron chi connectivity index (χ3n) is 2.59. The lowest BCUT2D eigenvalue weighted by molar-refractivity contribution is 0.656. The molecule has 0 atom stereocenters. The van der Waals surface area contributed by atoms with Crippen molar-refractivity contribution in [2.75, 3.05) is 6.54 Å². The number of halogens is 3. The van der Waals surface area contributed by atoms with E-state index in [1.54, 1.807) is 16.8 Å². The molecule has 1 aromatic carbocycles. The maximum atomic E-state index is 6.21. The Bertz CT molecular complexity index is 546. The number of nitrogens with one attached hydrogen (secondary N) is 1. The highest BCUT2D eigenvalue weighted by Gasteiger charge is 2.11. The van der Waals surface area contributed by atoms with Gasteiger partial charge in [0.05, 0.1) is 15.7 Å². The first kappa shape index (κ1) is 14.9. The molecule has 0 unspecified atom stereocenters. The standard InChI is InChI=1S/C13H14BrCl2N3/c1-2-4-17-8-10-3-5-19(18-10)13-11(15)6-9(14)7-12(13)16/h3,5-7,17H,2,4,8H2,1H3. The zero-order valence-electron chi connectivity index (χ0n) is 10.5. The van der Waals surface area contributed by atoms with E-state index < -0.39 is 0 Å². The number of nitrogens with zero attached hydrogens (tertiary/aromatic N) is 2. The van der Waals surface area contributed by atoms with E-state index in [4.69, 9.17) is 23.2 Å². The van der Waals surface area contributed by atoms with Crippen LogP contribution in [0.3, 0.4) is 0 Å². The molecule has 0 bridgehead atoms. The summed E-state index contributed by atoms with van der Waals surface area (Å²) in [6.07, 6.45) is 2.97. The Balaban J connectivity index is 2.23. The average molecular weight is 363 g/mol. The summed E-state index contributed by atoms with van der Waals surface area (Å²) in [4.78, 5) is 0. The van der Waals surface area contributed by atoms with Gasteiger partial charge in [0, 0.05) is 17.2 Å². The monoisotopic (exact) mass is 361 g/mol. The van der Waals surface area contributed by atoms with Crippen molar-refractivity contribution in [2.24, 2.45) is 0 Å². The fourth-order valence-corrected chi connectivity index (χ4v) is 3.11. The molecule has 6 heteroatoms. The first-order valence-electron chi connectivity index (χ1n) is 6.02. The molecule has 0 aliphatic carbocycles. The van der Waals surface area contributed by atoms with Gasteiger partial charge in [0.1, 0.15) is 5.69 Å². The van der Waals surface area contributed by atoms with Crippen molar-refractivity contribution >= 4 is 39.1 Å². The molecule has 0 radical (unpaired) electrons. The second-order valence-electron chi connectivity index (χ2n) is 4.15. The highest BCUT2D eigenvalue weighted by atomic mass is 79.9. The molecule has 19 heavy (non-hydrogen) atoms. The Hall–Kier alpha value is -0.550. The number of hydrogen-bond acceptors (Lipinski definition) is 2. The second kappa shape index (κ2) is 6.75. The smallest absolute Gasteiger partial charge is 0.102 e. The Labute approximate surface area is 131 Å². The fraction of sp³-hybridized carbons (Fsp3) is 0.308. The molecule has 0 aliphatic heterocycles. The highest BCUT2D eigenvalue weighted by Crippen LogP contribution is 2.31. The third-order valence-corrected chi connectivity index (χ3v) is 3.62. The van der Waals surface area contributed by atoms with Crippen molar-refractivity contribution < 1.29 is 0 Å². The summed E-state index contributed by atoms with van der Waals surface area (Å²) in [5.41, 5.74) is 1.66. The molecule has 3 nitrogen and oxygen atoms in total. The minimum Gasteiger partial charge on any atom is -0.311 e. The molecular formula is C13H14BrCl2N3. The predicted molar refractivity (Wildman–Crippen MR) is 83.3 cm³/mol.